The number of aromatic nitrogens is 2. The van der Waals surface area contributed by atoms with E-state index < -0.39 is 0 Å². The molecule has 9 heteroatoms. The van der Waals surface area contributed by atoms with E-state index in [9.17, 15) is 10.0 Å². The van der Waals surface area contributed by atoms with Gasteiger partial charge in [-0.1, -0.05) is 11.6 Å². The summed E-state index contributed by atoms with van der Waals surface area (Å²) in [5.41, 5.74) is 3.41. The maximum absolute atomic E-state index is 11.9. The highest BCUT2D eigenvalue weighted by molar-refractivity contribution is 8.11. The van der Waals surface area contributed by atoms with E-state index >= 15 is 0 Å². The third-order valence-corrected chi connectivity index (χ3v) is 3.16. The number of carbonyl (C=O) groups excluding carboxylic acids is 1. The molecule has 1 amide bonds. The Bertz CT molecular complexity index is 654. The summed E-state index contributed by atoms with van der Waals surface area (Å²) < 4.78 is 3.31. The molecule has 1 heterocycles. The first-order chi connectivity index (χ1) is 9.51. The number of hydrogen-bond acceptors (Lipinski definition) is 6. The minimum atomic E-state index is -0.314. The second kappa shape index (κ2) is 6.12. The lowest BCUT2D eigenvalue weighted by Gasteiger charge is -2.18. The van der Waals surface area contributed by atoms with Crippen molar-refractivity contribution in [3.63, 3.8) is 0 Å². The predicted molar refractivity (Wildman–Crippen MR) is 79.3 cm³/mol. The zero-order valence-corrected chi connectivity index (χ0v) is 12.3. The zero-order valence-electron chi connectivity index (χ0n) is 10.8. The average Bonchev–Trinajstić information content (AvgIpc) is 2.39. The van der Waals surface area contributed by atoms with E-state index in [-0.39, 0.29) is 5.24 Å². The van der Waals surface area contributed by atoms with Crippen LogP contribution in [0.5, 0.6) is 0 Å². The molecule has 0 bridgehead atoms. The molecule has 0 aliphatic heterocycles. The number of nitrogens with zero attached hydrogens (tertiary/aromatic N) is 3. The highest BCUT2D eigenvalue weighted by Crippen LogP contribution is 2.17. The van der Waals surface area contributed by atoms with Gasteiger partial charge in [-0.05, 0) is 19.2 Å². The van der Waals surface area contributed by atoms with Gasteiger partial charge >= 0.3 is 5.24 Å². The van der Waals surface area contributed by atoms with Crippen LogP contribution in [0.1, 0.15) is 0 Å². The lowest BCUT2D eigenvalue weighted by Crippen LogP contribution is -2.40. The third kappa shape index (κ3) is 3.21. The van der Waals surface area contributed by atoms with Crippen LogP contribution in [0, 0.1) is 5.21 Å². The molecule has 0 atom stereocenters. The van der Waals surface area contributed by atoms with Crippen molar-refractivity contribution in [2.75, 3.05) is 19.1 Å². The summed E-state index contributed by atoms with van der Waals surface area (Å²) in [6, 6.07) is 4.83. The maximum atomic E-state index is 11.9. The van der Waals surface area contributed by atoms with E-state index in [1.165, 1.54) is 17.3 Å². The fourth-order valence-electron chi connectivity index (χ4n) is 1.57. The number of amides is 1. The standard InChI is InChI=1S/C11H12ClN5O2S/c1-13-20-11(18)15-16(2)10-6-17(19)9-5-7(12)3-4-8(9)14-10/h3-6,13H,1-2H3,(H,15,18). The number of anilines is 1. The van der Waals surface area contributed by atoms with Crippen LogP contribution in [0.15, 0.2) is 24.4 Å². The Morgan fingerprint density at radius 2 is 2.30 bits per heavy atom. The summed E-state index contributed by atoms with van der Waals surface area (Å²) in [6.07, 6.45) is 1.27. The first-order valence-corrected chi connectivity index (χ1v) is 6.78. The number of halogens is 1. The maximum Gasteiger partial charge on any atom is 0.312 e. The molecule has 106 valence electrons. The van der Waals surface area contributed by atoms with E-state index in [1.807, 2.05) is 0 Å². The van der Waals surface area contributed by atoms with Gasteiger partial charge in [0.1, 0.15) is 5.52 Å². The van der Waals surface area contributed by atoms with Gasteiger partial charge in [0.2, 0.25) is 17.5 Å². The first kappa shape index (κ1) is 14.6. The smallest absolute Gasteiger partial charge is 0.312 e. The lowest BCUT2D eigenvalue weighted by atomic mass is 10.3. The number of rotatable bonds is 3. The minimum absolute atomic E-state index is 0.314. The molecule has 0 aliphatic rings. The van der Waals surface area contributed by atoms with Crippen molar-refractivity contribution in [1.29, 1.82) is 0 Å². The van der Waals surface area contributed by atoms with E-state index in [4.69, 9.17) is 11.6 Å². The van der Waals surface area contributed by atoms with Crippen LogP contribution in [0.4, 0.5) is 10.6 Å². The van der Waals surface area contributed by atoms with E-state index in [1.54, 1.807) is 26.2 Å². The van der Waals surface area contributed by atoms with Crippen LogP contribution in [0.2, 0.25) is 5.02 Å². The highest BCUT2D eigenvalue weighted by Gasteiger charge is 2.14. The second-order valence-corrected chi connectivity index (χ2v) is 5.24. The largest absolute Gasteiger partial charge is 0.618 e. The molecule has 2 rings (SSSR count). The molecular formula is C11H12ClN5O2S. The van der Waals surface area contributed by atoms with Crippen molar-refractivity contribution in [3.05, 3.63) is 34.6 Å². The molecule has 0 aliphatic carbocycles. The SMILES string of the molecule is CNSC(=O)NN(C)c1c[n+]([O-])c2cc(Cl)ccc2n1. The van der Waals surface area contributed by atoms with E-state index in [2.05, 4.69) is 15.1 Å². The number of carbonyl (C=O) groups is 1. The van der Waals surface area contributed by atoms with Crippen LogP contribution < -0.4 is 19.9 Å². The molecule has 0 saturated carbocycles. The Hall–Kier alpha value is -1.77. The van der Waals surface area contributed by atoms with Crippen LogP contribution in [-0.2, 0) is 0 Å². The van der Waals surface area contributed by atoms with Gasteiger partial charge < -0.3 is 5.21 Å². The summed E-state index contributed by atoms with van der Waals surface area (Å²) in [5.74, 6) is 0.319. The molecule has 1 aromatic heterocycles. The molecule has 20 heavy (non-hydrogen) atoms. The van der Waals surface area contributed by atoms with Crippen molar-refractivity contribution < 1.29 is 9.52 Å². The fourth-order valence-corrected chi connectivity index (χ4v) is 2.10. The average molecular weight is 314 g/mol. The monoisotopic (exact) mass is 313 g/mol. The third-order valence-electron chi connectivity index (χ3n) is 2.44. The molecule has 0 fully saturated rings. The molecular weight excluding hydrogens is 302 g/mol. The molecule has 0 spiro atoms. The van der Waals surface area contributed by atoms with Crippen LogP contribution in [0.3, 0.4) is 0 Å². The van der Waals surface area contributed by atoms with E-state index in [0.717, 1.165) is 11.9 Å². The van der Waals surface area contributed by atoms with Gasteiger partial charge in [0.05, 0.1) is 0 Å². The van der Waals surface area contributed by atoms with Gasteiger partial charge in [0.25, 0.3) is 0 Å². The molecule has 1 aromatic carbocycles. The summed E-state index contributed by atoms with van der Waals surface area (Å²) in [5, 5.41) is 13.4. The number of hydrogen-bond donors (Lipinski definition) is 2. The fraction of sp³-hybridized carbons (Fsp3) is 0.182. The Morgan fingerprint density at radius 1 is 1.55 bits per heavy atom. The number of benzene rings is 1. The van der Waals surface area contributed by atoms with Gasteiger partial charge in [-0.25, -0.2) is 4.98 Å². The Kier molecular flexibility index (Phi) is 4.48. The molecule has 2 N–H and O–H groups in total. The van der Waals surface area contributed by atoms with Crippen molar-refractivity contribution in [3.8, 4) is 0 Å². The van der Waals surface area contributed by atoms with Gasteiger partial charge in [-0.3, -0.25) is 20.0 Å². The predicted octanol–water partition coefficient (Wildman–Crippen LogP) is 1.45. The molecule has 0 saturated heterocycles. The zero-order chi connectivity index (χ0) is 14.7. The molecule has 2 aromatic rings. The Morgan fingerprint density at radius 3 is 3.00 bits per heavy atom. The normalized spacial score (nSPS) is 10.6. The van der Waals surface area contributed by atoms with Crippen LogP contribution in [0.25, 0.3) is 11.0 Å². The summed E-state index contributed by atoms with van der Waals surface area (Å²) >= 11 is 6.73. The summed E-state index contributed by atoms with van der Waals surface area (Å²) in [6.45, 7) is 0. The minimum Gasteiger partial charge on any atom is -0.618 e. The van der Waals surface area contributed by atoms with Gasteiger partial charge in [0, 0.05) is 30.1 Å². The number of fused-ring (bicyclic) bond motifs is 1. The van der Waals surface area contributed by atoms with Crippen LogP contribution in [-0.4, -0.2) is 24.3 Å². The van der Waals surface area contributed by atoms with Crippen molar-refractivity contribution in [2.45, 2.75) is 0 Å². The highest BCUT2D eigenvalue weighted by atomic mass is 35.5. The van der Waals surface area contributed by atoms with Crippen LogP contribution >= 0.6 is 23.5 Å². The lowest BCUT2D eigenvalue weighted by molar-refractivity contribution is -0.576. The summed E-state index contributed by atoms with van der Waals surface area (Å²) in [4.78, 5) is 15.7. The Balaban J connectivity index is 2.31. The van der Waals surface area contributed by atoms with E-state index in [0.29, 0.717) is 26.6 Å². The number of nitrogens with one attached hydrogen (secondary N) is 2. The first-order valence-electron chi connectivity index (χ1n) is 5.58. The summed E-state index contributed by atoms with van der Waals surface area (Å²) in [7, 11) is 3.23. The van der Waals surface area contributed by atoms with Gasteiger partial charge in [0.15, 0.2) is 0 Å². The van der Waals surface area contributed by atoms with Crippen molar-refractivity contribution in [1.82, 2.24) is 15.1 Å². The second-order valence-electron chi connectivity index (χ2n) is 3.82. The Labute approximate surface area is 124 Å². The molecule has 0 radical (unpaired) electrons. The van der Waals surface area contributed by atoms with Gasteiger partial charge in [-0.2, -0.15) is 4.73 Å². The van der Waals surface area contributed by atoms with Crippen molar-refractivity contribution >= 4 is 45.6 Å². The quantitative estimate of drug-likeness (QED) is 0.386. The van der Waals surface area contributed by atoms with Crippen molar-refractivity contribution in [2.24, 2.45) is 0 Å². The number of hydrazine groups is 1. The molecule has 0 unspecified atom stereocenters. The van der Waals surface area contributed by atoms with Gasteiger partial charge in [-0.15, -0.1) is 0 Å². The topological polar surface area (TPSA) is 84.2 Å². The molecule has 7 nitrogen and oxygen atoms in total.